The van der Waals surface area contributed by atoms with E-state index in [1.165, 1.54) is 28.2 Å². The lowest BCUT2D eigenvalue weighted by atomic mass is 9.83. The van der Waals surface area contributed by atoms with Crippen molar-refractivity contribution in [2.45, 2.75) is 59.4 Å². The molecule has 5 nitrogen and oxygen atoms in total. The molecule has 4 rings (SSSR count). The van der Waals surface area contributed by atoms with E-state index in [4.69, 9.17) is 0 Å². The van der Waals surface area contributed by atoms with Gasteiger partial charge in [-0.25, -0.2) is 0 Å². The van der Waals surface area contributed by atoms with Crippen LogP contribution >= 0.6 is 11.3 Å². The zero-order chi connectivity index (χ0) is 20.7. The number of H-pyrrole nitrogens is 1. The molecule has 2 aromatic heterocycles. The number of aromatic nitrogens is 1. The summed E-state index contributed by atoms with van der Waals surface area (Å²) >= 11 is 1.85. The van der Waals surface area contributed by atoms with Gasteiger partial charge in [0.1, 0.15) is 0 Å². The van der Waals surface area contributed by atoms with Crippen molar-refractivity contribution in [3.8, 4) is 0 Å². The molecule has 2 aliphatic rings. The van der Waals surface area contributed by atoms with Crippen LogP contribution in [0.2, 0.25) is 0 Å². The van der Waals surface area contributed by atoms with Gasteiger partial charge in [0.2, 0.25) is 0 Å². The minimum absolute atomic E-state index is 0.0802. The summed E-state index contributed by atoms with van der Waals surface area (Å²) in [5.41, 5.74) is 4.49. The summed E-state index contributed by atoms with van der Waals surface area (Å²) in [6.07, 6.45) is 3.30. The molecule has 156 valence electrons. The molecule has 2 N–H and O–H groups in total. The van der Waals surface area contributed by atoms with E-state index in [0.29, 0.717) is 30.5 Å². The van der Waals surface area contributed by atoms with Crippen LogP contribution in [-0.2, 0) is 13.0 Å². The molecule has 0 saturated carbocycles. The molecule has 6 heteroatoms. The van der Waals surface area contributed by atoms with Gasteiger partial charge in [-0.15, -0.1) is 11.3 Å². The summed E-state index contributed by atoms with van der Waals surface area (Å²) < 4.78 is 0. The highest BCUT2D eigenvalue weighted by molar-refractivity contribution is 7.12. The maximum absolute atomic E-state index is 13.4. The van der Waals surface area contributed by atoms with Crippen molar-refractivity contribution < 1.29 is 4.79 Å². The largest absolute Gasteiger partial charge is 0.334 e. The Balaban J connectivity index is 1.59. The van der Waals surface area contributed by atoms with Crippen LogP contribution in [0.4, 0.5) is 0 Å². The number of hydrogen-bond acceptors (Lipinski definition) is 4. The number of nitrogens with one attached hydrogen (secondary N) is 2. The van der Waals surface area contributed by atoms with Crippen molar-refractivity contribution in [2.75, 3.05) is 19.6 Å². The van der Waals surface area contributed by atoms with Crippen molar-refractivity contribution in [3.05, 3.63) is 54.1 Å². The minimum atomic E-state index is -0.0802. The second kappa shape index (κ2) is 8.07. The van der Waals surface area contributed by atoms with Gasteiger partial charge in [0, 0.05) is 34.0 Å². The van der Waals surface area contributed by atoms with Crippen LogP contribution in [0.15, 0.2) is 10.9 Å². The topological polar surface area (TPSA) is 65.2 Å². The maximum Gasteiger partial charge on any atom is 0.255 e. The molecule has 1 atom stereocenters. The fraction of sp³-hybridized carbons (Fsp3) is 0.565. The number of aromatic amines is 1. The molecule has 2 aromatic rings. The van der Waals surface area contributed by atoms with E-state index < -0.39 is 0 Å². The van der Waals surface area contributed by atoms with Crippen LogP contribution in [0.25, 0.3) is 0 Å². The molecule has 0 aliphatic carbocycles. The summed E-state index contributed by atoms with van der Waals surface area (Å²) in [4.78, 5) is 33.1. The number of pyridine rings is 1. The Morgan fingerprint density at radius 1 is 1.21 bits per heavy atom. The normalized spacial score (nSPS) is 18.8. The van der Waals surface area contributed by atoms with Crippen LogP contribution in [0.3, 0.4) is 0 Å². The van der Waals surface area contributed by atoms with Crippen molar-refractivity contribution in [1.29, 1.82) is 0 Å². The molecular formula is C23H31N3O2S. The number of thiophene rings is 1. The van der Waals surface area contributed by atoms with Crippen molar-refractivity contribution in [2.24, 2.45) is 5.92 Å². The van der Waals surface area contributed by atoms with Gasteiger partial charge < -0.3 is 15.2 Å². The van der Waals surface area contributed by atoms with E-state index in [9.17, 15) is 9.59 Å². The van der Waals surface area contributed by atoms with Gasteiger partial charge in [-0.1, -0.05) is 6.92 Å². The van der Waals surface area contributed by atoms with Gasteiger partial charge in [-0.3, -0.25) is 9.59 Å². The molecular weight excluding hydrogens is 382 g/mol. The van der Waals surface area contributed by atoms with E-state index in [1.54, 1.807) is 0 Å². The number of aryl methyl sites for hydroxylation is 2. The third-order valence-corrected chi connectivity index (χ3v) is 8.27. The van der Waals surface area contributed by atoms with Crippen LogP contribution < -0.4 is 10.9 Å². The number of piperidine rings is 1. The van der Waals surface area contributed by atoms with Crippen molar-refractivity contribution in [3.63, 3.8) is 0 Å². The van der Waals surface area contributed by atoms with Crippen molar-refractivity contribution >= 4 is 17.2 Å². The Kier molecular flexibility index (Phi) is 5.67. The van der Waals surface area contributed by atoms with E-state index in [1.807, 2.05) is 36.2 Å². The molecule has 0 aromatic carbocycles. The number of amides is 1. The molecule has 0 radical (unpaired) electrons. The highest BCUT2D eigenvalue weighted by Gasteiger charge is 2.33. The predicted octanol–water partition coefficient (Wildman–Crippen LogP) is 3.66. The molecule has 1 unspecified atom stereocenters. The Morgan fingerprint density at radius 3 is 2.62 bits per heavy atom. The van der Waals surface area contributed by atoms with Crippen LogP contribution in [-0.4, -0.2) is 35.4 Å². The van der Waals surface area contributed by atoms with Gasteiger partial charge >= 0.3 is 0 Å². The van der Waals surface area contributed by atoms with Crippen LogP contribution in [0, 0.1) is 26.7 Å². The molecule has 0 spiro atoms. The van der Waals surface area contributed by atoms with Crippen molar-refractivity contribution in [1.82, 2.24) is 15.2 Å². The number of nitrogens with zero attached hydrogens (tertiary/aromatic N) is 1. The maximum atomic E-state index is 13.4. The van der Waals surface area contributed by atoms with E-state index in [2.05, 4.69) is 24.1 Å². The first kappa shape index (κ1) is 20.4. The van der Waals surface area contributed by atoms with Gasteiger partial charge in [0.05, 0.1) is 12.1 Å². The zero-order valence-electron chi connectivity index (χ0n) is 17.9. The molecule has 1 saturated heterocycles. The fourth-order valence-electron chi connectivity index (χ4n) is 4.96. The highest BCUT2D eigenvalue weighted by atomic mass is 32.1. The second-order valence-corrected chi connectivity index (χ2v) is 9.82. The number of carbonyl (C=O) groups is 1. The first-order valence-electron chi connectivity index (χ1n) is 10.7. The molecule has 2 aliphatic heterocycles. The third kappa shape index (κ3) is 3.80. The standard InChI is InChI=1S/C23H31N3O2S/c1-13-11-14(2)25-22(27)18(13)12-26-10-7-19-20(23(26)28)16(4)21(29-19)15(3)17-5-8-24-9-6-17/h11,15,17,24H,5-10,12H2,1-4H3,(H,25,27). The van der Waals surface area contributed by atoms with Gasteiger partial charge in [0.15, 0.2) is 0 Å². The molecule has 0 bridgehead atoms. The Morgan fingerprint density at radius 2 is 1.93 bits per heavy atom. The van der Waals surface area contributed by atoms with Gasteiger partial charge in [-0.2, -0.15) is 0 Å². The summed E-state index contributed by atoms with van der Waals surface area (Å²) in [5, 5.41) is 3.45. The Hall–Kier alpha value is -1.92. The highest BCUT2D eigenvalue weighted by Crippen LogP contribution is 2.41. The summed E-state index contributed by atoms with van der Waals surface area (Å²) in [6.45, 7) is 11.5. The lowest BCUT2D eigenvalue weighted by molar-refractivity contribution is 0.0727. The van der Waals surface area contributed by atoms with Crippen LogP contribution in [0.5, 0.6) is 0 Å². The smallest absolute Gasteiger partial charge is 0.255 e. The zero-order valence-corrected chi connectivity index (χ0v) is 18.7. The van der Waals surface area contributed by atoms with E-state index in [-0.39, 0.29) is 11.5 Å². The van der Waals surface area contributed by atoms with E-state index >= 15 is 0 Å². The quantitative estimate of drug-likeness (QED) is 0.804. The summed E-state index contributed by atoms with van der Waals surface area (Å²) in [5.74, 6) is 1.27. The molecule has 29 heavy (non-hydrogen) atoms. The fourth-order valence-corrected chi connectivity index (χ4v) is 6.39. The number of rotatable bonds is 4. The second-order valence-electron chi connectivity index (χ2n) is 8.69. The lowest BCUT2D eigenvalue weighted by Crippen LogP contribution is -2.38. The predicted molar refractivity (Wildman–Crippen MR) is 118 cm³/mol. The van der Waals surface area contributed by atoms with E-state index in [0.717, 1.165) is 36.3 Å². The average molecular weight is 414 g/mol. The minimum Gasteiger partial charge on any atom is -0.334 e. The molecule has 1 amide bonds. The average Bonchev–Trinajstić information content (AvgIpc) is 3.03. The van der Waals surface area contributed by atoms with Crippen LogP contribution in [0.1, 0.15) is 68.2 Å². The Labute approximate surface area is 176 Å². The monoisotopic (exact) mass is 413 g/mol. The SMILES string of the molecule is Cc1cc(C)c(CN2CCc3sc(C(C)C4CCNCC4)c(C)c3C2=O)c(=O)[nH]1. The van der Waals surface area contributed by atoms with Gasteiger partial charge in [-0.05, 0) is 75.7 Å². The third-order valence-electron chi connectivity index (χ3n) is 6.71. The summed E-state index contributed by atoms with van der Waals surface area (Å²) in [6, 6.07) is 1.98. The van der Waals surface area contributed by atoms with Gasteiger partial charge in [0.25, 0.3) is 11.5 Å². The summed E-state index contributed by atoms with van der Waals surface area (Å²) in [7, 11) is 0. The Bertz CT molecular complexity index is 985. The number of carbonyl (C=O) groups excluding carboxylic acids is 1. The number of hydrogen-bond donors (Lipinski definition) is 2. The first-order valence-corrected chi connectivity index (χ1v) is 11.5. The lowest BCUT2D eigenvalue weighted by Gasteiger charge is -2.28. The molecule has 4 heterocycles. The number of fused-ring (bicyclic) bond motifs is 1. The molecule has 1 fully saturated rings. The first-order chi connectivity index (χ1) is 13.9.